The number of hydrogen-bond acceptors (Lipinski definition) is 5. The average Bonchev–Trinajstić information content (AvgIpc) is 2.50. The minimum atomic E-state index is -2.95. The highest BCUT2D eigenvalue weighted by Gasteiger charge is 2.11. The molecule has 13 heavy (non-hydrogen) atoms. The Kier molecular flexibility index (Phi) is 2.99. The quantitative estimate of drug-likeness (QED) is 0.671. The highest BCUT2D eigenvalue weighted by atomic mass is 32.2. The van der Waals surface area contributed by atoms with Gasteiger partial charge in [-0.1, -0.05) is 0 Å². The molecule has 0 saturated heterocycles. The fourth-order valence-electron chi connectivity index (χ4n) is 0.878. The van der Waals surface area contributed by atoms with Crippen LogP contribution in [0.4, 0.5) is 0 Å². The van der Waals surface area contributed by atoms with Gasteiger partial charge in [0.15, 0.2) is 0 Å². The van der Waals surface area contributed by atoms with Crippen LogP contribution in [0.1, 0.15) is 18.2 Å². The van der Waals surface area contributed by atoms with E-state index < -0.39 is 9.84 Å². The van der Waals surface area contributed by atoms with Crippen LogP contribution in [0, 0.1) is 0 Å². The Morgan fingerprint density at radius 2 is 2.38 bits per heavy atom. The maximum Gasteiger partial charge on any atom is 0.147 e. The largest absolute Gasteiger partial charge is 0.323 e. The minimum Gasteiger partial charge on any atom is -0.323 e. The summed E-state index contributed by atoms with van der Waals surface area (Å²) in [6.07, 6.45) is 3.04. The third-order valence-electron chi connectivity index (χ3n) is 1.61. The Balaban J connectivity index is 2.48. The number of hydrogen-bond donors (Lipinski definition) is 2. The molecular formula is C6H12N4O2S. The first-order valence-electron chi connectivity index (χ1n) is 3.78. The molecule has 0 saturated carbocycles. The van der Waals surface area contributed by atoms with Crippen molar-refractivity contribution in [2.24, 2.45) is 5.73 Å². The van der Waals surface area contributed by atoms with Crippen molar-refractivity contribution in [3.05, 3.63) is 11.9 Å². The molecule has 1 atom stereocenters. The van der Waals surface area contributed by atoms with Crippen molar-refractivity contribution in [1.29, 1.82) is 0 Å². The molecule has 3 N–H and O–H groups in total. The zero-order valence-electron chi connectivity index (χ0n) is 7.27. The predicted octanol–water partition coefficient (Wildman–Crippen LogP) is -0.761. The van der Waals surface area contributed by atoms with Crippen molar-refractivity contribution in [2.45, 2.75) is 12.5 Å². The molecule has 1 unspecified atom stereocenters. The summed E-state index contributed by atoms with van der Waals surface area (Å²) < 4.78 is 21.6. The number of nitrogens with zero attached hydrogens (tertiary/aromatic N) is 2. The van der Waals surface area contributed by atoms with E-state index >= 15 is 0 Å². The Morgan fingerprint density at radius 3 is 2.85 bits per heavy atom. The summed E-state index contributed by atoms with van der Waals surface area (Å²) in [5.74, 6) is 0.0705. The second-order valence-corrected chi connectivity index (χ2v) is 5.18. The summed E-state index contributed by atoms with van der Waals surface area (Å²) in [6.45, 7) is 0. The number of rotatable bonds is 4. The van der Waals surface area contributed by atoms with Gasteiger partial charge in [0, 0.05) is 6.26 Å². The van der Waals surface area contributed by atoms with E-state index in [0.29, 0.717) is 12.1 Å². The van der Waals surface area contributed by atoms with Crippen molar-refractivity contribution in [3.8, 4) is 0 Å². The molecule has 0 aromatic carbocycles. The van der Waals surface area contributed by atoms with Gasteiger partial charge in [0.1, 0.15) is 9.84 Å². The average molecular weight is 204 g/mol. The van der Waals surface area contributed by atoms with Gasteiger partial charge in [0.25, 0.3) is 0 Å². The van der Waals surface area contributed by atoms with Crippen molar-refractivity contribution >= 4 is 9.84 Å². The smallest absolute Gasteiger partial charge is 0.147 e. The fourth-order valence-corrected chi connectivity index (χ4v) is 1.56. The van der Waals surface area contributed by atoms with Gasteiger partial charge in [-0.25, -0.2) is 8.42 Å². The Bertz CT molecular complexity index is 345. The summed E-state index contributed by atoms with van der Waals surface area (Å²) >= 11 is 0. The summed E-state index contributed by atoms with van der Waals surface area (Å²) in [5.41, 5.74) is 6.25. The van der Waals surface area contributed by atoms with Gasteiger partial charge < -0.3 is 5.73 Å². The molecule has 0 radical (unpaired) electrons. The van der Waals surface area contributed by atoms with E-state index in [-0.39, 0.29) is 11.8 Å². The monoisotopic (exact) mass is 204 g/mol. The first-order chi connectivity index (χ1) is 5.99. The third-order valence-corrected chi connectivity index (χ3v) is 2.59. The van der Waals surface area contributed by atoms with Crippen molar-refractivity contribution in [3.63, 3.8) is 0 Å². The van der Waals surface area contributed by atoms with E-state index in [1.807, 2.05) is 0 Å². The van der Waals surface area contributed by atoms with E-state index in [4.69, 9.17) is 5.73 Å². The molecule has 0 aliphatic rings. The number of nitrogens with two attached hydrogens (primary N) is 1. The molecule has 7 heteroatoms. The van der Waals surface area contributed by atoms with Gasteiger partial charge in [-0.3, -0.25) is 0 Å². The Labute approximate surface area is 76.4 Å². The van der Waals surface area contributed by atoms with Crippen LogP contribution in [0.3, 0.4) is 0 Å². The Hall–Kier alpha value is -0.950. The van der Waals surface area contributed by atoms with Crippen molar-refractivity contribution in [1.82, 2.24) is 15.4 Å². The lowest BCUT2D eigenvalue weighted by molar-refractivity contribution is 0.589. The van der Waals surface area contributed by atoms with E-state index in [0.717, 1.165) is 0 Å². The number of aromatic nitrogens is 3. The molecule has 0 bridgehead atoms. The Morgan fingerprint density at radius 1 is 1.69 bits per heavy atom. The lowest BCUT2D eigenvalue weighted by Crippen LogP contribution is -2.16. The normalized spacial score (nSPS) is 14.3. The molecule has 0 fully saturated rings. The predicted molar refractivity (Wildman–Crippen MR) is 47.6 cm³/mol. The highest BCUT2D eigenvalue weighted by molar-refractivity contribution is 7.90. The molecule has 0 spiro atoms. The summed E-state index contributed by atoms with van der Waals surface area (Å²) in [7, 11) is -2.95. The maximum atomic E-state index is 10.8. The van der Waals surface area contributed by atoms with E-state index in [9.17, 15) is 8.42 Å². The summed E-state index contributed by atoms with van der Waals surface area (Å²) in [4.78, 5) is 0. The lowest BCUT2D eigenvalue weighted by atomic mass is 10.2. The van der Waals surface area contributed by atoms with Gasteiger partial charge >= 0.3 is 0 Å². The molecule has 6 nitrogen and oxygen atoms in total. The first-order valence-corrected chi connectivity index (χ1v) is 5.84. The van der Waals surface area contributed by atoms with Crippen LogP contribution in [0.15, 0.2) is 6.20 Å². The van der Waals surface area contributed by atoms with E-state index in [1.54, 1.807) is 0 Å². The van der Waals surface area contributed by atoms with Crippen molar-refractivity contribution < 1.29 is 8.42 Å². The molecule has 74 valence electrons. The molecule has 1 rings (SSSR count). The van der Waals surface area contributed by atoms with Crippen LogP contribution in [-0.2, 0) is 9.84 Å². The van der Waals surface area contributed by atoms with E-state index in [2.05, 4.69) is 15.4 Å². The van der Waals surface area contributed by atoms with Gasteiger partial charge in [-0.15, -0.1) is 0 Å². The number of aromatic amines is 1. The van der Waals surface area contributed by atoms with E-state index in [1.165, 1.54) is 12.5 Å². The van der Waals surface area contributed by atoms with Crippen LogP contribution < -0.4 is 5.73 Å². The SMILES string of the molecule is CS(=O)(=O)CCC(N)c1cn[nH]n1. The molecular weight excluding hydrogens is 192 g/mol. The van der Waals surface area contributed by atoms with Gasteiger partial charge in [0.05, 0.1) is 23.7 Å². The number of H-pyrrole nitrogens is 1. The van der Waals surface area contributed by atoms with Crippen LogP contribution >= 0.6 is 0 Å². The molecule has 0 aliphatic heterocycles. The third kappa shape index (κ3) is 3.51. The molecule has 0 aliphatic carbocycles. The van der Waals surface area contributed by atoms with Crippen LogP contribution in [0.25, 0.3) is 0 Å². The van der Waals surface area contributed by atoms with Crippen LogP contribution in [-0.4, -0.2) is 35.8 Å². The number of nitrogens with one attached hydrogen (secondary N) is 1. The number of sulfone groups is 1. The van der Waals surface area contributed by atoms with Gasteiger partial charge in [-0.05, 0) is 6.42 Å². The topological polar surface area (TPSA) is 102 Å². The summed E-state index contributed by atoms with van der Waals surface area (Å²) in [6, 6.07) is -0.367. The second-order valence-electron chi connectivity index (χ2n) is 2.92. The van der Waals surface area contributed by atoms with Crippen LogP contribution in [0.2, 0.25) is 0 Å². The highest BCUT2D eigenvalue weighted by Crippen LogP contribution is 2.09. The summed E-state index contributed by atoms with van der Waals surface area (Å²) in [5, 5.41) is 9.76. The zero-order chi connectivity index (χ0) is 9.90. The molecule has 0 amide bonds. The van der Waals surface area contributed by atoms with Crippen molar-refractivity contribution in [2.75, 3.05) is 12.0 Å². The first kappa shape index (κ1) is 10.1. The fraction of sp³-hybridized carbons (Fsp3) is 0.667. The van der Waals surface area contributed by atoms with Gasteiger partial charge in [0.2, 0.25) is 0 Å². The maximum absolute atomic E-state index is 10.8. The van der Waals surface area contributed by atoms with Gasteiger partial charge in [-0.2, -0.15) is 15.4 Å². The molecule has 1 aromatic heterocycles. The lowest BCUT2D eigenvalue weighted by Gasteiger charge is -2.05. The molecule has 1 aromatic rings. The van der Waals surface area contributed by atoms with Crippen LogP contribution in [0.5, 0.6) is 0 Å². The molecule has 1 heterocycles. The minimum absolute atomic E-state index is 0.0705. The zero-order valence-corrected chi connectivity index (χ0v) is 8.08. The standard InChI is InChI=1S/C6H12N4O2S/c1-13(11,12)3-2-5(7)6-4-8-10-9-6/h4-5H,2-3,7H2,1H3,(H,8,9,10). The second kappa shape index (κ2) is 3.84.